The van der Waals surface area contributed by atoms with E-state index in [4.69, 9.17) is 0 Å². The van der Waals surface area contributed by atoms with Crippen molar-refractivity contribution < 1.29 is 26.7 Å². The van der Waals surface area contributed by atoms with Gasteiger partial charge in [-0.25, -0.2) is 8.78 Å². The van der Waals surface area contributed by atoms with Gasteiger partial charge in [-0.2, -0.15) is 13.2 Å². The fourth-order valence-corrected chi connectivity index (χ4v) is 4.84. The second kappa shape index (κ2) is 8.57. The van der Waals surface area contributed by atoms with Gasteiger partial charge < -0.3 is 4.90 Å². The Labute approximate surface area is 177 Å². The number of alkyl halides is 3. The molecule has 0 unspecified atom stereocenters. The van der Waals surface area contributed by atoms with Crippen molar-refractivity contribution in [3.63, 3.8) is 0 Å². The highest BCUT2D eigenvalue weighted by Crippen LogP contribution is 2.33. The first-order chi connectivity index (χ1) is 14.7. The number of carbonyl (C=O) groups is 1. The summed E-state index contributed by atoms with van der Waals surface area (Å²) in [4.78, 5) is 16.7. The molecule has 0 saturated carbocycles. The molecule has 2 aliphatic rings. The van der Waals surface area contributed by atoms with Crippen molar-refractivity contribution in [3.05, 3.63) is 70.8 Å². The lowest BCUT2D eigenvalue weighted by Gasteiger charge is -2.47. The van der Waals surface area contributed by atoms with Crippen LogP contribution in [0.1, 0.15) is 40.7 Å². The van der Waals surface area contributed by atoms with E-state index in [0.717, 1.165) is 37.6 Å². The fraction of sp³-hybridized carbons (Fsp3) is 0.435. The Morgan fingerprint density at radius 1 is 1.00 bits per heavy atom. The zero-order valence-corrected chi connectivity index (χ0v) is 16.8. The van der Waals surface area contributed by atoms with Gasteiger partial charge in [-0.1, -0.05) is 6.07 Å². The van der Waals surface area contributed by atoms with Crippen molar-refractivity contribution >= 4 is 5.91 Å². The molecular weight excluding hydrogens is 415 g/mol. The molecule has 166 valence electrons. The molecule has 1 amide bonds. The first-order valence-electron chi connectivity index (χ1n) is 10.4. The minimum atomic E-state index is -4.50. The van der Waals surface area contributed by atoms with E-state index in [-0.39, 0.29) is 17.5 Å². The van der Waals surface area contributed by atoms with Gasteiger partial charge in [0.2, 0.25) is 0 Å². The second-order valence-electron chi connectivity index (χ2n) is 8.34. The van der Waals surface area contributed by atoms with Crippen LogP contribution in [0.25, 0.3) is 0 Å². The van der Waals surface area contributed by atoms with E-state index in [1.165, 1.54) is 24.3 Å². The number of amides is 1. The van der Waals surface area contributed by atoms with E-state index >= 15 is 0 Å². The molecule has 2 aromatic carbocycles. The third-order valence-corrected chi connectivity index (χ3v) is 6.22. The molecule has 8 heteroatoms. The van der Waals surface area contributed by atoms with Crippen molar-refractivity contribution in [2.45, 2.75) is 38.0 Å². The lowest BCUT2D eigenvalue weighted by atomic mass is 9.83. The number of nitrogens with zero attached hydrogens (tertiary/aromatic N) is 2. The van der Waals surface area contributed by atoms with Gasteiger partial charge >= 0.3 is 6.18 Å². The summed E-state index contributed by atoms with van der Waals surface area (Å²) in [5.41, 5.74) is -0.226. The van der Waals surface area contributed by atoms with Crippen LogP contribution in [-0.2, 0) is 12.7 Å². The Balaban J connectivity index is 1.45. The maximum atomic E-state index is 13.5. The molecule has 2 atom stereocenters. The molecule has 0 N–H and O–H groups in total. The molecule has 2 heterocycles. The smallest absolute Gasteiger partial charge is 0.338 e. The highest BCUT2D eigenvalue weighted by molar-refractivity contribution is 5.94. The number of fused-ring (bicyclic) bond motifs is 1. The quantitative estimate of drug-likeness (QED) is 0.622. The van der Waals surface area contributed by atoms with Crippen LogP contribution in [0.5, 0.6) is 0 Å². The third-order valence-electron chi connectivity index (χ3n) is 6.22. The van der Waals surface area contributed by atoms with Crippen LogP contribution in [0, 0.1) is 17.6 Å². The molecule has 4 rings (SSSR count). The Morgan fingerprint density at radius 2 is 1.74 bits per heavy atom. The van der Waals surface area contributed by atoms with Crippen LogP contribution in [0.15, 0.2) is 42.5 Å². The average Bonchev–Trinajstić information content (AvgIpc) is 2.72. The molecule has 31 heavy (non-hydrogen) atoms. The number of hydrogen-bond acceptors (Lipinski definition) is 2. The van der Waals surface area contributed by atoms with Crippen LogP contribution in [0.3, 0.4) is 0 Å². The first-order valence-corrected chi connectivity index (χ1v) is 10.4. The molecule has 0 spiro atoms. The maximum absolute atomic E-state index is 13.5. The van der Waals surface area contributed by atoms with Crippen molar-refractivity contribution in [3.8, 4) is 0 Å². The van der Waals surface area contributed by atoms with E-state index in [1.807, 2.05) is 0 Å². The van der Waals surface area contributed by atoms with Crippen LogP contribution in [0.4, 0.5) is 22.0 Å². The summed E-state index contributed by atoms with van der Waals surface area (Å²) in [5.74, 6) is -1.43. The normalized spacial score (nSPS) is 22.3. The van der Waals surface area contributed by atoms with Gasteiger partial charge in [0.15, 0.2) is 0 Å². The molecule has 0 bridgehead atoms. The molecule has 2 aromatic rings. The summed E-state index contributed by atoms with van der Waals surface area (Å²) in [7, 11) is 0. The maximum Gasteiger partial charge on any atom is 0.416 e. The van der Waals surface area contributed by atoms with Gasteiger partial charge in [0.1, 0.15) is 11.6 Å². The monoisotopic (exact) mass is 438 g/mol. The number of hydrogen-bond donors (Lipinski definition) is 0. The molecule has 3 nitrogen and oxygen atoms in total. The van der Waals surface area contributed by atoms with Crippen molar-refractivity contribution in [1.82, 2.24) is 9.80 Å². The molecule has 2 saturated heterocycles. The SMILES string of the molecule is O=C(c1cccc(C(F)(F)F)c1)N1CC[C@H]2[C@H](CCCN2Cc2cc(F)cc(F)c2)C1. The summed E-state index contributed by atoms with van der Waals surface area (Å²) in [5, 5.41) is 0. The number of halogens is 5. The molecule has 0 aromatic heterocycles. The van der Waals surface area contributed by atoms with Crippen molar-refractivity contribution in [1.29, 1.82) is 0 Å². The lowest BCUT2D eigenvalue weighted by Crippen LogP contribution is -2.54. The zero-order chi connectivity index (χ0) is 22.2. The Hall–Kier alpha value is -2.48. The number of benzene rings is 2. The average molecular weight is 438 g/mol. The van der Waals surface area contributed by atoms with Gasteiger partial charge in [0.25, 0.3) is 5.91 Å². The third kappa shape index (κ3) is 4.89. The predicted molar refractivity (Wildman–Crippen MR) is 105 cm³/mol. The van der Waals surface area contributed by atoms with Crippen molar-refractivity contribution in [2.75, 3.05) is 19.6 Å². The van der Waals surface area contributed by atoms with Gasteiger partial charge in [0, 0.05) is 37.3 Å². The second-order valence-corrected chi connectivity index (χ2v) is 8.34. The minimum Gasteiger partial charge on any atom is -0.338 e. The molecular formula is C23H23F5N2O. The van der Waals surface area contributed by atoms with E-state index in [2.05, 4.69) is 4.90 Å². The predicted octanol–water partition coefficient (Wildman–Crippen LogP) is 5.11. The summed E-state index contributed by atoms with van der Waals surface area (Å²) < 4.78 is 66.1. The molecule has 2 fully saturated rings. The number of carbonyl (C=O) groups excluding carboxylic acids is 1. The standard InChI is InChI=1S/C23H23F5N2O/c24-19-9-15(10-20(25)12-19)13-29-7-2-4-17-14-30(8-6-21(17)29)22(31)16-3-1-5-18(11-16)23(26,27)28/h1,3,5,9-12,17,21H,2,4,6-8,13-14H2/t17-,21+/m1/s1. The number of likely N-dealkylation sites (tertiary alicyclic amines) is 2. The minimum absolute atomic E-state index is 0.0381. The molecule has 2 aliphatic heterocycles. The lowest BCUT2D eigenvalue weighted by molar-refractivity contribution is -0.137. The summed E-state index contributed by atoms with van der Waals surface area (Å²) in [6.07, 6.45) is -2.02. The number of rotatable bonds is 3. The molecule has 0 radical (unpaired) electrons. The Kier molecular flexibility index (Phi) is 6.01. The van der Waals surface area contributed by atoms with E-state index in [1.54, 1.807) is 4.90 Å². The number of piperidine rings is 2. The topological polar surface area (TPSA) is 23.6 Å². The van der Waals surface area contributed by atoms with E-state index in [9.17, 15) is 26.7 Å². The van der Waals surface area contributed by atoms with Crippen LogP contribution < -0.4 is 0 Å². The first kappa shape index (κ1) is 21.7. The Morgan fingerprint density at radius 3 is 2.45 bits per heavy atom. The fourth-order valence-electron chi connectivity index (χ4n) is 4.84. The van der Waals surface area contributed by atoms with Gasteiger partial charge in [0.05, 0.1) is 5.56 Å². The zero-order valence-electron chi connectivity index (χ0n) is 16.8. The molecule has 0 aliphatic carbocycles. The van der Waals surface area contributed by atoms with E-state index in [0.29, 0.717) is 31.6 Å². The van der Waals surface area contributed by atoms with Crippen LogP contribution in [-0.4, -0.2) is 41.4 Å². The summed E-state index contributed by atoms with van der Waals surface area (Å²) in [6.45, 7) is 2.14. The highest BCUT2D eigenvalue weighted by Gasteiger charge is 2.38. The highest BCUT2D eigenvalue weighted by atomic mass is 19.4. The van der Waals surface area contributed by atoms with Gasteiger partial charge in [-0.3, -0.25) is 9.69 Å². The van der Waals surface area contributed by atoms with Crippen molar-refractivity contribution in [2.24, 2.45) is 5.92 Å². The van der Waals surface area contributed by atoms with Gasteiger partial charge in [-0.05, 0) is 67.6 Å². The van der Waals surface area contributed by atoms with E-state index < -0.39 is 29.3 Å². The van der Waals surface area contributed by atoms with Crippen LogP contribution >= 0.6 is 0 Å². The Bertz CT molecular complexity index is 941. The van der Waals surface area contributed by atoms with Gasteiger partial charge in [-0.15, -0.1) is 0 Å². The van der Waals surface area contributed by atoms with Crippen LogP contribution in [0.2, 0.25) is 0 Å². The summed E-state index contributed by atoms with van der Waals surface area (Å²) >= 11 is 0. The largest absolute Gasteiger partial charge is 0.416 e. The summed E-state index contributed by atoms with van der Waals surface area (Å²) in [6, 6.07) is 8.21.